The number of rotatable bonds is 11. The standard InChI is InChI=1S/C32H29N3O8S2/c1-20(2)28(32(37)38)34-45(41,42)25-18-14-22(15-19-25)21-12-16-23(17-13-21)33-31(36)30-29(26-10-6-7-11-27(26)43-30)35-44(39,40)24-8-4-3-5-9-24/h3-20,28,34-35H,1-2H3,(H,33,36)(H,37,38)/t28-/m0/s1. The number of hydrogen-bond acceptors (Lipinski definition) is 7. The summed E-state index contributed by atoms with van der Waals surface area (Å²) in [5, 5.41) is 12.5. The number of carboxylic acid groups (broad SMARTS) is 1. The highest BCUT2D eigenvalue weighted by Crippen LogP contribution is 2.33. The number of furan rings is 1. The number of amides is 1. The molecule has 0 aliphatic rings. The van der Waals surface area contributed by atoms with Gasteiger partial charge in [0, 0.05) is 11.1 Å². The monoisotopic (exact) mass is 647 g/mol. The smallest absolute Gasteiger partial charge is 0.322 e. The summed E-state index contributed by atoms with van der Waals surface area (Å²) >= 11 is 0. The van der Waals surface area contributed by atoms with E-state index in [1.807, 2.05) is 0 Å². The summed E-state index contributed by atoms with van der Waals surface area (Å²) in [7, 11) is -8.09. The second kappa shape index (κ2) is 12.6. The van der Waals surface area contributed by atoms with E-state index in [9.17, 15) is 31.5 Å². The maximum atomic E-state index is 13.3. The lowest BCUT2D eigenvalue weighted by Gasteiger charge is -2.18. The van der Waals surface area contributed by atoms with Crippen LogP contribution < -0.4 is 14.8 Å². The summed E-state index contributed by atoms with van der Waals surface area (Å²) in [4.78, 5) is 24.7. The van der Waals surface area contributed by atoms with Gasteiger partial charge in [-0.3, -0.25) is 14.3 Å². The second-order valence-electron chi connectivity index (χ2n) is 10.5. The van der Waals surface area contributed by atoms with E-state index in [4.69, 9.17) is 4.42 Å². The molecule has 0 fully saturated rings. The molecule has 5 aromatic rings. The van der Waals surface area contributed by atoms with E-state index in [0.717, 1.165) is 5.56 Å². The lowest BCUT2D eigenvalue weighted by atomic mass is 10.1. The SMILES string of the molecule is CC(C)[C@H](NS(=O)(=O)c1ccc(-c2ccc(NC(=O)c3oc4ccccc4c3NS(=O)(=O)c3ccccc3)cc2)cc1)C(=O)O. The Morgan fingerprint density at radius 1 is 0.711 bits per heavy atom. The lowest BCUT2D eigenvalue weighted by molar-refractivity contribution is -0.140. The molecule has 1 aromatic heterocycles. The van der Waals surface area contributed by atoms with Crippen LogP contribution in [-0.2, 0) is 24.8 Å². The molecular weight excluding hydrogens is 618 g/mol. The topological polar surface area (TPSA) is 172 Å². The molecule has 1 amide bonds. The molecular formula is C32H29N3O8S2. The number of carbonyl (C=O) groups is 2. The molecule has 5 rings (SSSR count). The van der Waals surface area contributed by atoms with E-state index in [-0.39, 0.29) is 21.2 Å². The predicted octanol–water partition coefficient (Wildman–Crippen LogP) is 5.54. The molecule has 11 nitrogen and oxygen atoms in total. The molecule has 0 bridgehead atoms. The lowest BCUT2D eigenvalue weighted by Crippen LogP contribution is -2.44. The van der Waals surface area contributed by atoms with Crippen LogP contribution >= 0.6 is 0 Å². The van der Waals surface area contributed by atoms with Crippen molar-refractivity contribution < 1.29 is 35.9 Å². The summed E-state index contributed by atoms with van der Waals surface area (Å²) in [6.45, 7) is 3.22. The van der Waals surface area contributed by atoms with Gasteiger partial charge in [0.1, 0.15) is 17.3 Å². The van der Waals surface area contributed by atoms with Gasteiger partial charge < -0.3 is 14.8 Å². The highest BCUT2D eigenvalue weighted by molar-refractivity contribution is 7.92. The largest absolute Gasteiger partial charge is 0.480 e. The van der Waals surface area contributed by atoms with Crippen LogP contribution in [-0.4, -0.2) is 39.9 Å². The fourth-order valence-corrected chi connectivity index (χ4v) is 7.01. The van der Waals surface area contributed by atoms with E-state index < -0.39 is 43.9 Å². The number of fused-ring (bicyclic) bond motifs is 1. The number of nitrogens with one attached hydrogen (secondary N) is 3. The molecule has 4 aromatic carbocycles. The number of hydrogen-bond donors (Lipinski definition) is 4. The molecule has 0 spiro atoms. The van der Waals surface area contributed by atoms with Crippen molar-refractivity contribution in [3.63, 3.8) is 0 Å². The van der Waals surface area contributed by atoms with Gasteiger partial charge in [0.2, 0.25) is 15.8 Å². The molecule has 0 saturated heterocycles. The molecule has 13 heteroatoms. The minimum absolute atomic E-state index is 0.0103. The molecule has 0 aliphatic heterocycles. The number of sulfonamides is 2. The van der Waals surface area contributed by atoms with Crippen molar-refractivity contribution in [3.05, 3.63) is 109 Å². The Labute approximate surface area is 260 Å². The molecule has 0 unspecified atom stereocenters. The predicted molar refractivity (Wildman–Crippen MR) is 170 cm³/mol. The molecule has 0 saturated carbocycles. The van der Waals surface area contributed by atoms with Crippen LogP contribution in [0.25, 0.3) is 22.1 Å². The van der Waals surface area contributed by atoms with Crippen LogP contribution in [0.5, 0.6) is 0 Å². The fraction of sp³-hybridized carbons (Fsp3) is 0.125. The fourth-order valence-electron chi connectivity index (χ4n) is 4.57. The number of carbonyl (C=O) groups excluding carboxylic acids is 1. The Kier molecular flexibility index (Phi) is 8.77. The van der Waals surface area contributed by atoms with Gasteiger partial charge >= 0.3 is 5.97 Å². The van der Waals surface area contributed by atoms with Gasteiger partial charge in [-0.2, -0.15) is 4.72 Å². The third-order valence-corrected chi connectivity index (χ3v) is 9.77. The van der Waals surface area contributed by atoms with Gasteiger partial charge in [0.15, 0.2) is 0 Å². The summed E-state index contributed by atoms with van der Waals surface area (Å²) in [6.07, 6.45) is 0. The average Bonchev–Trinajstić information content (AvgIpc) is 3.38. The number of anilines is 2. The molecule has 45 heavy (non-hydrogen) atoms. The molecule has 4 N–H and O–H groups in total. The summed E-state index contributed by atoms with van der Waals surface area (Å²) < 4.78 is 62.1. The van der Waals surface area contributed by atoms with Gasteiger partial charge in [-0.15, -0.1) is 0 Å². The van der Waals surface area contributed by atoms with E-state index in [1.54, 1.807) is 92.7 Å². The molecule has 232 valence electrons. The van der Waals surface area contributed by atoms with Crippen molar-refractivity contribution >= 4 is 54.3 Å². The van der Waals surface area contributed by atoms with Crippen molar-refractivity contribution in [2.24, 2.45) is 5.92 Å². The Balaban J connectivity index is 1.34. The summed E-state index contributed by atoms with van der Waals surface area (Å²) in [6, 6.07) is 25.8. The van der Waals surface area contributed by atoms with Gasteiger partial charge in [-0.1, -0.05) is 68.4 Å². The molecule has 0 aliphatic carbocycles. The average molecular weight is 648 g/mol. The third kappa shape index (κ3) is 6.90. The van der Waals surface area contributed by atoms with Crippen molar-refractivity contribution in [2.45, 2.75) is 29.7 Å². The first-order valence-electron chi connectivity index (χ1n) is 13.7. The first-order valence-corrected chi connectivity index (χ1v) is 16.7. The normalized spacial score (nSPS) is 12.6. The van der Waals surface area contributed by atoms with Crippen molar-refractivity contribution in [3.8, 4) is 11.1 Å². The Bertz CT molecular complexity index is 2070. The number of benzene rings is 4. The molecule has 0 radical (unpaired) electrons. The van der Waals surface area contributed by atoms with E-state index >= 15 is 0 Å². The Morgan fingerprint density at radius 2 is 1.27 bits per heavy atom. The van der Waals surface area contributed by atoms with Crippen molar-refractivity contribution in [1.29, 1.82) is 0 Å². The first-order chi connectivity index (χ1) is 21.4. The molecule has 1 atom stereocenters. The minimum Gasteiger partial charge on any atom is -0.480 e. The van der Waals surface area contributed by atoms with Gasteiger partial charge in [0.25, 0.3) is 15.9 Å². The zero-order valence-corrected chi connectivity index (χ0v) is 25.7. The quantitative estimate of drug-likeness (QED) is 0.145. The van der Waals surface area contributed by atoms with E-state index in [1.165, 1.54) is 24.3 Å². The maximum Gasteiger partial charge on any atom is 0.322 e. The number of aliphatic carboxylic acids is 1. The van der Waals surface area contributed by atoms with Crippen LogP contribution in [0.2, 0.25) is 0 Å². The number of carboxylic acids is 1. The van der Waals surface area contributed by atoms with Gasteiger partial charge in [0.05, 0.1) is 9.79 Å². The van der Waals surface area contributed by atoms with E-state index in [2.05, 4.69) is 14.8 Å². The Hall–Kier alpha value is -4.98. The first kappa shape index (κ1) is 31.4. The Morgan fingerprint density at radius 3 is 1.87 bits per heavy atom. The van der Waals surface area contributed by atoms with Gasteiger partial charge in [-0.05, 0) is 65.6 Å². The van der Waals surface area contributed by atoms with Crippen LogP contribution in [0, 0.1) is 5.92 Å². The van der Waals surface area contributed by atoms with Crippen LogP contribution in [0.1, 0.15) is 24.4 Å². The van der Waals surface area contributed by atoms with Gasteiger partial charge in [-0.25, -0.2) is 16.8 Å². The highest BCUT2D eigenvalue weighted by atomic mass is 32.2. The van der Waals surface area contributed by atoms with Crippen LogP contribution in [0.4, 0.5) is 11.4 Å². The summed E-state index contributed by atoms with van der Waals surface area (Å²) in [5.41, 5.74) is 2.14. The molecule has 1 heterocycles. The zero-order valence-electron chi connectivity index (χ0n) is 24.1. The second-order valence-corrected chi connectivity index (χ2v) is 13.9. The maximum absolute atomic E-state index is 13.3. The van der Waals surface area contributed by atoms with E-state index in [0.29, 0.717) is 22.2 Å². The van der Waals surface area contributed by atoms with Crippen LogP contribution in [0.15, 0.2) is 117 Å². The van der Waals surface area contributed by atoms with Crippen LogP contribution in [0.3, 0.4) is 0 Å². The minimum atomic E-state index is -4.07. The number of para-hydroxylation sites is 1. The van der Waals surface area contributed by atoms with Crippen molar-refractivity contribution in [2.75, 3.05) is 10.0 Å². The highest BCUT2D eigenvalue weighted by Gasteiger charge is 2.28. The van der Waals surface area contributed by atoms with Crippen molar-refractivity contribution in [1.82, 2.24) is 4.72 Å². The third-order valence-electron chi connectivity index (χ3n) is 6.95. The zero-order chi connectivity index (χ0) is 32.4. The summed E-state index contributed by atoms with van der Waals surface area (Å²) in [5.74, 6) is -2.60.